The average Bonchev–Trinajstić information content (AvgIpc) is 2.14. The van der Waals surface area contributed by atoms with E-state index >= 15 is 0 Å². The third-order valence-electron chi connectivity index (χ3n) is 3.74. The van der Waals surface area contributed by atoms with Gasteiger partial charge in [0.1, 0.15) is 5.75 Å². The van der Waals surface area contributed by atoms with Gasteiger partial charge in [-0.1, -0.05) is 47.6 Å². The highest BCUT2D eigenvalue weighted by atomic mass is 16.3. The summed E-state index contributed by atoms with van der Waals surface area (Å²) >= 11 is 0. The largest absolute Gasteiger partial charge is 0.508 e. The van der Waals surface area contributed by atoms with Gasteiger partial charge in [-0.15, -0.1) is 0 Å². The van der Waals surface area contributed by atoms with Crippen LogP contribution in [-0.2, 0) is 10.8 Å². The highest BCUT2D eigenvalue weighted by Gasteiger charge is 2.26. The van der Waals surface area contributed by atoms with Crippen LogP contribution in [0, 0.1) is 6.92 Å². The van der Waals surface area contributed by atoms with E-state index in [-0.39, 0.29) is 10.8 Å². The Morgan fingerprint density at radius 2 is 1.59 bits per heavy atom. The highest BCUT2D eigenvalue weighted by Crippen LogP contribution is 2.39. The Bertz CT molecular complexity index is 385. The molecule has 1 nitrogen and oxygen atoms in total. The first-order valence-electron chi connectivity index (χ1n) is 6.44. The lowest BCUT2D eigenvalue weighted by Crippen LogP contribution is -2.19. The summed E-state index contributed by atoms with van der Waals surface area (Å²) in [5.41, 5.74) is 3.60. The summed E-state index contributed by atoms with van der Waals surface area (Å²) in [6, 6.07) is 4.15. The van der Waals surface area contributed by atoms with Gasteiger partial charge in [-0.25, -0.2) is 0 Å². The van der Waals surface area contributed by atoms with Crippen molar-refractivity contribution in [3.63, 3.8) is 0 Å². The molecule has 1 N–H and O–H groups in total. The Morgan fingerprint density at radius 3 is 1.94 bits per heavy atom. The number of rotatable bonds is 2. The molecule has 0 aliphatic heterocycles. The third-order valence-corrected chi connectivity index (χ3v) is 3.74. The highest BCUT2D eigenvalue weighted by molar-refractivity contribution is 5.48. The van der Waals surface area contributed by atoms with E-state index in [2.05, 4.69) is 54.5 Å². The summed E-state index contributed by atoms with van der Waals surface area (Å²) in [4.78, 5) is 0. The molecule has 96 valence electrons. The van der Waals surface area contributed by atoms with E-state index < -0.39 is 0 Å². The van der Waals surface area contributed by atoms with Gasteiger partial charge in [0.2, 0.25) is 0 Å². The van der Waals surface area contributed by atoms with Crippen LogP contribution in [0.2, 0.25) is 0 Å². The molecule has 0 spiro atoms. The van der Waals surface area contributed by atoms with Gasteiger partial charge in [-0.05, 0) is 41.4 Å². The van der Waals surface area contributed by atoms with Gasteiger partial charge in [0.25, 0.3) is 0 Å². The van der Waals surface area contributed by atoms with Crippen LogP contribution in [0.1, 0.15) is 64.7 Å². The van der Waals surface area contributed by atoms with Crippen LogP contribution in [0.3, 0.4) is 0 Å². The summed E-state index contributed by atoms with van der Waals surface area (Å²) in [7, 11) is 0. The Morgan fingerprint density at radius 1 is 1.06 bits per heavy atom. The second-order valence-corrected chi connectivity index (χ2v) is 6.67. The van der Waals surface area contributed by atoms with Crippen LogP contribution >= 0.6 is 0 Å². The van der Waals surface area contributed by atoms with Crippen molar-refractivity contribution in [1.29, 1.82) is 0 Å². The average molecular weight is 234 g/mol. The first-order chi connectivity index (χ1) is 7.59. The van der Waals surface area contributed by atoms with Crippen molar-refractivity contribution in [3.8, 4) is 5.75 Å². The number of aromatic hydroxyl groups is 1. The van der Waals surface area contributed by atoms with E-state index in [0.717, 1.165) is 12.0 Å². The van der Waals surface area contributed by atoms with Crippen LogP contribution in [0.4, 0.5) is 0 Å². The molecule has 0 aliphatic carbocycles. The summed E-state index contributed by atoms with van der Waals surface area (Å²) in [6.07, 6.45) is 1.02. The number of phenols is 1. The van der Waals surface area contributed by atoms with Gasteiger partial charge in [0.05, 0.1) is 0 Å². The monoisotopic (exact) mass is 234 g/mol. The van der Waals surface area contributed by atoms with Crippen LogP contribution in [0.5, 0.6) is 5.75 Å². The number of phenolic OH excluding ortho intramolecular Hbond substituents is 1. The van der Waals surface area contributed by atoms with Crippen molar-refractivity contribution in [2.75, 3.05) is 0 Å². The molecule has 0 radical (unpaired) electrons. The SMILES string of the molecule is CCC(C)(C)c1c(C)cc(C(C)(C)C)cc1O. The lowest BCUT2D eigenvalue weighted by Gasteiger charge is -2.29. The Balaban J connectivity index is 3.40. The van der Waals surface area contributed by atoms with Crippen LogP contribution in [0.25, 0.3) is 0 Å². The zero-order valence-corrected chi connectivity index (χ0v) is 12.3. The zero-order valence-electron chi connectivity index (χ0n) is 12.3. The van der Waals surface area contributed by atoms with Crippen LogP contribution < -0.4 is 0 Å². The van der Waals surface area contributed by atoms with Crippen LogP contribution in [-0.4, -0.2) is 5.11 Å². The molecule has 1 aromatic rings. The van der Waals surface area contributed by atoms with E-state index in [1.165, 1.54) is 11.1 Å². The fraction of sp³-hybridized carbons (Fsp3) is 0.625. The Labute approximate surface area is 106 Å². The molecule has 0 atom stereocenters. The maximum atomic E-state index is 10.3. The normalized spacial score (nSPS) is 12.9. The molecule has 1 aromatic carbocycles. The lowest BCUT2D eigenvalue weighted by molar-refractivity contribution is 0.424. The predicted octanol–water partition coefficient (Wildman–Crippen LogP) is 4.69. The zero-order chi connectivity index (χ0) is 13.4. The number of aryl methyl sites for hydroxylation is 1. The fourth-order valence-electron chi connectivity index (χ4n) is 2.26. The number of benzene rings is 1. The van der Waals surface area contributed by atoms with E-state index in [1.54, 1.807) is 0 Å². The molecule has 17 heavy (non-hydrogen) atoms. The summed E-state index contributed by atoms with van der Waals surface area (Å²) in [5.74, 6) is 0.446. The minimum absolute atomic E-state index is 0.0323. The second-order valence-electron chi connectivity index (χ2n) is 6.67. The van der Waals surface area contributed by atoms with Crippen molar-refractivity contribution >= 4 is 0 Å². The minimum Gasteiger partial charge on any atom is -0.508 e. The predicted molar refractivity (Wildman–Crippen MR) is 74.9 cm³/mol. The smallest absolute Gasteiger partial charge is 0.119 e. The lowest BCUT2D eigenvalue weighted by atomic mass is 9.76. The van der Waals surface area contributed by atoms with Gasteiger partial charge in [0, 0.05) is 5.56 Å². The van der Waals surface area contributed by atoms with E-state index in [9.17, 15) is 5.11 Å². The van der Waals surface area contributed by atoms with Crippen molar-refractivity contribution in [1.82, 2.24) is 0 Å². The molecule has 0 bridgehead atoms. The van der Waals surface area contributed by atoms with Gasteiger partial charge in [-0.2, -0.15) is 0 Å². The maximum absolute atomic E-state index is 10.3. The number of hydrogen-bond acceptors (Lipinski definition) is 1. The fourth-order valence-corrected chi connectivity index (χ4v) is 2.26. The molecule has 0 saturated carbocycles. The van der Waals surface area contributed by atoms with Gasteiger partial charge < -0.3 is 5.11 Å². The van der Waals surface area contributed by atoms with E-state index in [4.69, 9.17) is 0 Å². The number of hydrogen-bond donors (Lipinski definition) is 1. The second kappa shape index (κ2) is 4.36. The van der Waals surface area contributed by atoms with Crippen LogP contribution in [0.15, 0.2) is 12.1 Å². The molecular weight excluding hydrogens is 208 g/mol. The first-order valence-corrected chi connectivity index (χ1v) is 6.44. The standard InChI is InChI=1S/C16H26O/c1-8-16(6,7)14-11(2)9-12(10-13(14)17)15(3,4)5/h9-10,17H,8H2,1-7H3. The van der Waals surface area contributed by atoms with Crippen molar-refractivity contribution in [2.24, 2.45) is 0 Å². The Hall–Kier alpha value is -0.980. The quantitative estimate of drug-likeness (QED) is 0.787. The summed E-state index contributed by atoms with van der Waals surface area (Å²) in [6.45, 7) is 15.2. The molecule has 0 unspecified atom stereocenters. The molecular formula is C16H26O. The molecule has 0 heterocycles. The van der Waals surface area contributed by atoms with Crippen molar-refractivity contribution in [2.45, 2.75) is 65.7 Å². The van der Waals surface area contributed by atoms with Crippen molar-refractivity contribution in [3.05, 3.63) is 28.8 Å². The molecule has 0 aromatic heterocycles. The third kappa shape index (κ3) is 2.83. The van der Waals surface area contributed by atoms with Gasteiger partial charge >= 0.3 is 0 Å². The van der Waals surface area contributed by atoms with Gasteiger partial charge in [0.15, 0.2) is 0 Å². The molecule has 0 fully saturated rings. The molecule has 1 rings (SSSR count). The Kier molecular flexibility index (Phi) is 3.61. The topological polar surface area (TPSA) is 20.2 Å². The molecule has 0 amide bonds. The molecule has 1 heteroatoms. The minimum atomic E-state index is 0.0323. The van der Waals surface area contributed by atoms with E-state index in [1.807, 2.05) is 6.07 Å². The molecule has 0 aliphatic rings. The maximum Gasteiger partial charge on any atom is 0.119 e. The van der Waals surface area contributed by atoms with Gasteiger partial charge in [-0.3, -0.25) is 0 Å². The molecule has 0 saturated heterocycles. The summed E-state index contributed by atoms with van der Waals surface area (Å²) in [5, 5.41) is 10.3. The summed E-state index contributed by atoms with van der Waals surface area (Å²) < 4.78 is 0. The first kappa shape index (κ1) is 14.1. The van der Waals surface area contributed by atoms with E-state index in [0.29, 0.717) is 5.75 Å². The van der Waals surface area contributed by atoms with Crippen molar-refractivity contribution < 1.29 is 5.11 Å².